The number of ether oxygens (including phenoxy) is 1. The summed E-state index contributed by atoms with van der Waals surface area (Å²) in [5, 5.41) is 11.9. The average molecular weight is 354 g/mol. The highest BCUT2D eigenvalue weighted by atomic mass is 16.5. The fraction of sp³-hybridized carbons (Fsp3) is 0.211. The highest BCUT2D eigenvalue weighted by Crippen LogP contribution is 2.28. The molecule has 2 amide bonds. The van der Waals surface area contributed by atoms with Crippen molar-refractivity contribution in [3.63, 3.8) is 0 Å². The minimum absolute atomic E-state index is 0.0207. The molecular weight excluding hydrogens is 336 g/mol. The van der Waals surface area contributed by atoms with Crippen LogP contribution in [0.5, 0.6) is 5.75 Å². The number of benzene rings is 2. The third kappa shape index (κ3) is 3.51. The molecule has 0 aliphatic carbocycles. The van der Waals surface area contributed by atoms with Crippen molar-refractivity contribution in [1.29, 1.82) is 0 Å². The Bertz CT molecular complexity index is 865. The zero-order chi connectivity index (χ0) is 18.7. The van der Waals surface area contributed by atoms with Crippen molar-refractivity contribution in [1.82, 2.24) is 0 Å². The maximum atomic E-state index is 12.5. The molecule has 134 valence electrons. The first-order valence-electron chi connectivity index (χ1n) is 8.07. The highest BCUT2D eigenvalue weighted by molar-refractivity contribution is 6.06. The van der Waals surface area contributed by atoms with E-state index in [9.17, 15) is 14.4 Å². The Morgan fingerprint density at radius 3 is 2.65 bits per heavy atom. The summed E-state index contributed by atoms with van der Waals surface area (Å²) in [5.74, 6) is -1.82. The van der Waals surface area contributed by atoms with E-state index in [4.69, 9.17) is 9.84 Å². The molecule has 7 heteroatoms. The summed E-state index contributed by atoms with van der Waals surface area (Å²) in [6.07, 6.45) is -0.0207. The summed E-state index contributed by atoms with van der Waals surface area (Å²) in [4.78, 5) is 37.1. The first kappa shape index (κ1) is 17.5. The molecule has 1 aliphatic rings. The number of amides is 2. The van der Waals surface area contributed by atoms with Crippen molar-refractivity contribution < 1.29 is 24.2 Å². The number of hydrogen-bond donors (Lipinski definition) is 2. The normalized spacial score (nSPS) is 16.4. The molecule has 7 nitrogen and oxygen atoms in total. The lowest BCUT2D eigenvalue weighted by atomic mass is 10.1. The lowest BCUT2D eigenvalue weighted by molar-refractivity contribution is -0.141. The Balaban J connectivity index is 1.79. The Labute approximate surface area is 150 Å². The van der Waals surface area contributed by atoms with Crippen LogP contribution in [0, 0.1) is 5.92 Å². The first-order chi connectivity index (χ1) is 12.5. The number of methoxy groups -OCH3 is 1. The number of nitrogens with zero attached hydrogens (tertiary/aromatic N) is 1. The van der Waals surface area contributed by atoms with Crippen LogP contribution in [0.4, 0.5) is 11.4 Å². The van der Waals surface area contributed by atoms with E-state index in [1.165, 1.54) is 12.0 Å². The van der Waals surface area contributed by atoms with Crippen LogP contribution < -0.4 is 15.0 Å². The van der Waals surface area contributed by atoms with Crippen LogP contribution in [0.25, 0.3) is 0 Å². The second-order valence-electron chi connectivity index (χ2n) is 5.95. The van der Waals surface area contributed by atoms with Gasteiger partial charge in [-0.2, -0.15) is 0 Å². The Morgan fingerprint density at radius 2 is 1.96 bits per heavy atom. The van der Waals surface area contributed by atoms with E-state index >= 15 is 0 Å². The molecule has 26 heavy (non-hydrogen) atoms. The minimum Gasteiger partial charge on any atom is -0.496 e. The smallest absolute Gasteiger partial charge is 0.308 e. The number of carboxylic acid groups (broad SMARTS) is 1. The number of carbonyl (C=O) groups excluding carboxylic acids is 2. The van der Waals surface area contributed by atoms with E-state index in [1.54, 1.807) is 48.5 Å². The maximum absolute atomic E-state index is 12.5. The summed E-state index contributed by atoms with van der Waals surface area (Å²) in [6, 6.07) is 13.6. The lowest BCUT2D eigenvalue weighted by Gasteiger charge is -2.17. The van der Waals surface area contributed by atoms with E-state index in [2.05, 4.69) is 5.32 Å². The SMILES string of the molecule is COc1ccccc1C(=O)Nc1cccc(N2C[C@@H](C(=O)O)CC2=O)c1. The number of hydrogen-bond acceptors (Lipinski definition) is 4. The Morgan fingerprint density at radius 1 is 1.19 bits per heavy atom. The Kier molecular flexibility index (Phi) is 4.88. The summed E-state index contributed by atoms with van der Waals surface area (Å²) in [5.41, 5.74) is 1.45. The van der Waals surface area contributed by atoms with Crippen LogP contribution in [0.3, 0.4) is 0 Å². The van der Waals surface area contributed by atoms with Gasteiger partial charge in [-0.05, 0) is 30.3 Å². The van der Waals surface area contributed by atoms with Crippen LogP contribution in [0.15, 0.2) is 48.5 Å². The predicted molar refractivity (Wildman–Crippen MR) is 95.5 cm³/mol. The lowest BCUT2D eigenvalue weighted by Crippen LogP contribution is -2.25. The third-order valence-electron chi connectivity index (χ3n) is 4.24. The van der Waals surface area contributed by atoms with E-state index in [0.717, 1.165) is 0 Å². The van der Waals surface area contributed by atoms with Crippen molar-refractivity contribution in [2.45, 2.75) is 6.42 Å². The van der Waals surface area contributed by atoms with Gasteiger partial charge in [0, 0.05) is 24.3 Å². The predicted octanol–water partition coefficient (Wildman–Crippen LogP) is 2.39. The molecular formula is C19H18N2O5. The van der Waals surface area contributed by atoms with Gasteiger partial charge < -0.3 is 20.1 Å². The first-order valence-corrected chi connectivity index (χ1v) is 8.07. The van der Waals surface area contributed by atoms with Crippen LogP contribution in [-0.2, 0) is 9.59 Å². The minimum atomic E-state index is -0.985. The fourth-order valence-electron chi connectivity index (χ4n) is 2.90. The molecule has 2 N–H and O–H groups in total. The molecule has 0 bridgehead atoms. The number of nitrogens with one attached hydrogen (secondary N) is 1. The molecule has 0 spiro atoms. The van der Waals surface area contributed by atoms with Gasteiger partial charge in [-0.25, -0.2) is 0 Å². The topological polar surface area (TPSA) is 95.9 Å². The second kappa shape index (κ2) is 7.26. The van der Waals surface area contributed by atoms with Gasteiger partial charge in [0.1, 0.15) is 5.75 Å². The highest BCUT2D eigenvalue weighted by Gasteiger charge is 2.35. The van der Waals surface area contributed by atoms with Gasteiger partial charge in [-0.15, -0.1) is 0 Å². The molecule has 1 atom stereocenters. The van der Waals surface area contributed by atoms with Gasteiger partial charge in [0.2, 0.25) is 5.91 Å². The summed E-state index contributed by atoms with van der Waals surface area (Å²) < 4.78 is 5.19. The van der Waals surface area contributed by atoms with Crippen LogP contribution in [0.2, 0.25) is 0 Å². The van der Waals surface area contributed by atoms with Crippen molar-refractivity contribution in [3.05, 3.63) is 54.1 Å². The van der Waals surface area contributed by atoms with Gasteiger partial charge in [-0.1, -0.05) is 18.2 Å². The van der Waals surface area contributed by atoms with Crippen molar-refractivity contribution in [3.8, 4) is 5.75 Å². The third-order valence-corrected chi connectivity index (χ3v) is 4.24. The molecule has 1 aliphatic heterocycles. The monoisotopic (exact) mass is 354 g/mol. The van der Waals surface area contributed by atoms with E-state index < -0.39 is 11.9 Å². The number of rotatable bonds is 5. The number of carbonyl (C=O) groups is 3. The van der Waals surface area contributed by atoms with Gasteiger partial charge in [0.05, 0.1) is 18.6 Å². The van der Waals surface area contributed by atoms with Gasteiger partial charge in [0.25, 0.3) is 5.91 Å². The second-order valence-corrected chi connectivity index (χ2v) is 5.95. The van der Waals surface area contributed by atoms with Crippen LogP contribution in [-0.4, -0.2) is 36.5 Å². The van der Waals surface area contributed by atoms with Crippen molar-refractivity contribution in [2.75, 3.05) is 23.9 Å². The Hall–Kier alpha value is -3.35. The zero-order valence-electron chi connectivity index (χ0n) is 14.1. The zero-order valence-corrected chi connectivity index (χ0v) is 14.1. The number of anilines is 2. The molecule has 2 aromatic rings. The molecule has 0 unspecified atom stereocenters. The summed E-state index contributed by atoms with van der Waals surface area (Å²) >= 11 is 0. The van der Waals surface area contributed by atoms with Gasteiger partial charge >= 0.3 is 5.97 Å². The summed E-state index contributed by atoms with van der Waals surface area (Å²) in [7, 11) is 1.49. The van der Waals surface area contributed by atoms with E-state index in [0.29, 0.717) is 22.7 Å². The molecule has 1 fully saturated rings. The van der Waals surface area contributed by atoms with E-state index in [1.807, 2.05) is 0 Å². The number of carboxylic acids is 1. The standard InChI is InChI=1S/C19H18N2O5/c1-26-16-8-3-2-7-15(16)18(23)20-13-5-4-6-14(10-13)21-11-12(19(24)25)9-17(21)22/h2-8,10,12H,9,11H2,1H3,(H,20,23)(H,24,25)/t12-/m0/s1. The van der Waals surface area contributed by atoms with Crippen LogP contribution >= 0.6 is 0 Å². The van der Waals surface area contributed by atoms with Gasteiger partial charge in [-0.3, -0.25) is 14.4 Å². The maximum Gasteiger partial charge on any atom is 0.308 e. The molecule has 0 aromatic heterocycles. The van der Waals surface area contributed by atoms with Crippen LogP contribution in [0.1, 0.15) is 16.8 Å². The number of para-hydroxylation sites is 1. The quantitative estimate of drug-likeness (QED) is 0.859. The van der Waals surface area contributed by atoms with Gasteiger partial charge in [0.15, 0.2) is 0 Å². The molecule has 3 rings (SSSR count). The molecule has 2 aromatic carbocycles. The molecule has 0 saturated carbocycles. The van der Waals surface area contributed by atoms with E-state index in [-0.39, 0.29) is 24.8 Å². The number of aliphatic carboxylic acids is 1. The molecule has 0 radical (unpaired) electrons. The summed E-state index contributed by atoms with van der Waals surface area (Å²) in [6.45, 7) is 0.123. The molecule has 1 heterocycles. The largest absolute Gasteiger partial charge is 0.496 e. The fourth-order valence-corrected chi connectivity index (χ4v) is 2.90. The van der Waals surface area contributed by atoms with Crippen molar-refractivity contribution in [2.24, 2.45) is 5.92 Å². The average Bonchev–Trinajstić information content (AvgIpc) is 3.04. The van der Waals surface area contributed by atoms with Crippen molar-refractivity contribution >= 4 is 29.2 Å². The molecule has 1 saturated heterocycles.